The number of nitrogens with two attached hydrogens (primary N) is 1. The van der Waals surface area contributed by atoms with E-state index >= 15 is 0 Å². The summed E-state index contributed by atoms with van der Waals surface area (Å²) in [6.07, 6.45) is 0. The Kier molecular flexibility index (Phi) is 5.54. The molecule has 8 heteroatoms. The Bertz CT molecular complexity index is 1120. The summed E-state index contributed by atoms with van der Waals surface area (Å²) in [6, 6.07) is 7.61. The number of aromatic nitrogens is 1. The Morgan fingerprint density at radius 3 is 2.46 bits per heavy atom. The van der Waals surface area contributed by atoms with Crippen molar-refractivity contribution in [2.24, 2.45) is 5.92 Å². The number of aromatic amines is 1. The Labute approximate surface area is 171 Å². The molecular formula is C20H19Cl2N3O3. The average molecular weight is 420 g/mol. The number of rotatable bonds is 4. The minimum absolute atomic E-state index is 0.140. The second kappa shape index (κ2) is 7.73. The third-order valence-corrected chi connectivity index (χ3v) is 4.90. The molecule has 1 aromatic heterocycles. The number of pyridine rings is 1. The molecule has 0 unspecified atom stereocenters. The number of fused-ring (bicyclic) bond motifs is 1. The summed E-state index contributed by atoms with van der Waals surface area (Å²) in [7, 11) is 0. The van der Waals surface area contributed by atoms with E-state index in [1.807, 2.05) is 13.8 Å². The Morgan fingerprint density at radius 1 is 1.21 bits per heavy atom. The number of aromatic hydroxyl groups is 1. The fourth-order valence-corrected chi connectivity index (χ4v) is 3.25. The van der Waals surface area contributed by atoms with Crippen LogP contribution in [0.25, 0.3) is 22.2 Å². The first-order valence-electron chi connectivity index (χ1n) is 8.61. The maximum absolute atomic E-state index is 12.6. The lowest BCUT2D eigenvalue weighted by Gasteiger charge is -2.11. The number of hydrogen-bond donors (Lipinski definition) is 4. The van der Waals surface area contributed by atoms with E-state index in [4.69, 9.17) is 28.9 Å². The topological polar surface area (TPSA) is 108 Å². The van der Waals surface area contributed by atoms with Crippen molar-refractivity contribution >= 4 is 45.7 Å². The van der Waals surface area contributed by atoms with E-state index in [-0.39, 0.29) is 32.7 Å². The number of anilines is 1. The molecule has 0 atom stereocenters. The molecule has 28 heavy (non-hydrogen) atoms. The highest BCUT2D eigenvalue weighted by molar-refractivity contribution is 6.39. The first kappa shape index (κ1) is 20.0. The molecule has 0 aliphatic heterocycles. The van der Waals surface area contributed by atoms with Gasteiger partial charge in [0.15, 0.2) is 5.75 Å². The predicted molar refractivity (Wildman–Crippen MR) is 113 cm³/mol. The van der Waals surface area contributed by atoms with Gasteiger partial charge in [-0.2, -0.15) is 0 Å². The average Bonchev–Trinajstić information content (AvgIpc) is 2.66. The summed E-state index contributed by atoms with van der Waals surface area (Å²) in [6.45, 7) is 4.53. The lowest BCUT2D eigenvalue weighted by atomic mass is 10.1. The highest BCUT2D eigenvalue weighted by atomic mass is 35.5. The van der Waals surface area contributed by atoms with Crippen LogP contribution in [0.3, 0.4) is 0 Å². The van der Waals surface area contributed by atoms with Gasteiger partial charge in [0.05, 0.1) is 26.9 Å². The van der Waals surface area contributed by atoms with Crippen molar-refractivity contribution in [1.29, 1.82) is 0 Å². The van der Waals surface area contributed by atoms with Crippen LogP contribution in [0.1, 0.15) is 24.2 Å². The largest absolute Gasteiger partial charge is 0.503 e. The van der Waals surface area contributed by atoms with E-state index in [9.17, 15) is 14.7 Å². The monoisotopic (exact) mass is 419 g/mol. The van der Waals surface area contributed by atoms with Crippen LogP contribution in [-0.2, 0) is 0 Å². The Hall–Kier alpha value is -2.70. The SMILES string of the molecule is CC(C)CNC(=O)c1ccc2c(=O)c(O)c(-c3cc(Cl)c(N)c(Cl)c3)[nH]c2c1. The quantitative estimate of drug-likeness (QED) is 0.475. The number of benzene rings is 2. The smallest absolute Gasteiger partial charge is 0.251 e. The molecule has 2 aromatic carbocycles. The maximum atomic E-state index is 12.6. The van der Waals surface area contributed by atoms with Crippen molar-refractivity contribution in [3.8, 4) is 17.0 Å². The number of amides is 1. The second-order valence-electron chi connectivity index (χ2n) is 6.90. The summed E-state index contributed by atoms with van der Waals surface area (Å²) >= 11 is 12.1. The van der Waals surface area contributed by atoms with Gasteiger partial charge in [-0.1, -0.05) is 37.0 Å². The van der Waals surface area contributed by atoms with Crippen molar-refractivity contribution < 1.29 is 9.90 Å². The number of carbonyl (C=O) groups excluding carboxylic acids is 1. The Balaban J connectivity index is 2.14. The molecule has 6 nitrogen and oxygen atoms in total. The molecule has 0 bridgehead atoms. The molecule has 1 amide bonds. The minimum atomic E-state index is -0.568. The van der Waals surface area contributed by atoms with E-state index in [0.29, 0.717) is 29.1 Å². The van der Waals surface area contributed by atoms with Crippen LogP contribution in [0.5, 0.6) is 5.75 Å². The normalized spacial score (nSPS) is 11.2. The molecule has 146 valence electrons. The molecule has 0 saturated carbocycles. The van der Waals surface area contributed by atoms with Crippen LogP contribution in [0.2, 0.25) is 10.0 Å². The molecule has 0 radical (unpaired) electrons. The number of nitrogens with one attached hydrogen (secondary N) is 2. The van der Waals surface area contributed by atoms with Gasteiger partial charge in [0, 0.05) is 23.1 Å². The number of carbonyl (C=O) groups is 1. The van der Waals surface area contributed by atoms with Crippen molar-refractivity contribution in [2.75, 3.05) is 12.3 Å². The minimum Gasteiger partial charge on any atom is -0.503 e. The summed E-state index contributed by atoms with van der Waals surface area (Å²) < 4.78 is 0. The zero-order valence-electron chi connectivity index (χ0n) is 15.3. The maximum Gasteiger partial charge on any atom is 0.251 e. The van der Waals surface area contributed by atoms with Crippen LogP contribution in [0, 0.1) is 5.92 Å². The van der Waals surface area contributed by atoms with Gasteiger partial charge in [-0.15, -0.1) is 0 Å². The molecule has 3 rings (SSSR count). The van der Waals surface area contributed by atoms with Gasteiger partial charge in [0.25, 0.3) is 5.91 Å². The summed E-state index contributed by atoms with van der Waals surface area (Å²) in [5.74, 6) is -0.404. The van der Waals surface area contributed by atoms with Crippen molar-refractivity contribution in [3.05, 3.63) is 56.2 Å². The molecule has 0 saturated heterocycles. The van der Waals surface area contributed by atoms with Gasteiger partial charge >= 0.3 is 0 Å². The summed E-state index contributed by atoms with van der Waals surface area (Å²) in [5, 5.41) is 13.9. The highest BCUT2D eigenvalue weighted by Crippen LogP contribution is 2.35. The Morgan fingerprint density at radius 2 is 1.86 bits per heavy atom. The van der Waals surface area contributed by atoms with Crippen LogP contribution in [-0.4, -0.2) is 22.5 Å². The van der Waals surface area contributed by atoms with E-state index in [2.05, 4.69) is 10.3 Å². The molecular weight excluding hydrogens is 401 g/mol. The van der Waals surface area contributed by atoms with Gasteiger partial charge in [-0.3, -0.25) is 9.59 Å². The van der Waals surface area contributed by atoms with Gasteiger partial charge in [0.2, 0.25) is 5.43 Å². The van der Waals surface area contributed by atoms with Crippen molar-refractivity contribution in [3.63, 3.8) is 0 Å². The predicted octanol–water partition coefficient (Wildman–Crippen LogP) is 4.18. The summed E-state index contributed by atoms with van der Waals surface area (Å²) in [5.41, 5.74) is 6.72. The molecule has 0 aliphatic carbocycles. The fourth-order valence-electron chi connectivity index (χ4n) is 2.76. The van der Waals surface area contributed by atoms with E-state index in [0.717, 1.165) is 0 Å². The van der Waals surface area contributed by atoms with Crippen LogP contribution >= 0.6 is 23.2 Å². The van der Waals surface area contributed by atoms with E-state index in [1.54, 1.807) is 12.1 Å². The van der Waals surface area contributed by atoms with E-state index < -0.39 is 11.2 Å². The number of H-pyrrole nitrogens is 1. The first-order chi connectivity index (χ1) is 13.2. The molecule has 5 N–H and O–H groups in total. The lowest BCUT2D eigenvalue weighted by Crippen LogP contribution is -2.27. The van der Waals surface area contributed by atoms with Gasteiger partial charge in [-0.05, 0) is 36.2 Å². The van der Waals surface area contributed by atoms with Crippen molar-refractivity contribution in [1.82, 2.24) is 10.3 Å². The third kappa shape index (κ3) is 3.79. The number of nitrogen functional groups attached to an aromatic ring is 1. The zero-order valence-corrected chi connectivity index (χ0v) is 16.8. The molecule has 0 spiro atoms. The standard InChI is InChI=1S/C20H19Cl2N3O3/c1-9(2)8-24-20(28)10-3-4-12-15(7-10)25-17(19(27)18(12)26)11-5-13(21)16(23)14(22)6-11/h3-7,9,27H,8,23H2,1-2H3,(H,24,28)(H,25,26). The molecule has 0 fully saturated rings. The van der Waals surface area contributed by atoms with Gasteiger partial charge in [-0.25, -0.2) is 0 Å². The molecule has 1 heterocycles. The van der Waals surface area contributed by atoms with Gasteiger partial charge < -0.3 is 21.1 Å². The lowest BCUT2D eigenvalue weighted by molar-refractivity contribution is 0.0949. The van der Waals surface area contributed by atoms with Crippen LogP contribution in [0.4, 0.5) is 5.69 Å². The highest BCUT2D eigenvalue weighted by Gasteiger charge is 2.16. The molecule has 0 aliphatic rings. The number of hydrogen-bond acceptors (Lipinski definition) is 4. The second-order valence-corrected chi connectivity index (χ2v) is 7.71. The third-order valence-electron chi connectivity index (χ3n) is 4.28. The fraction of sp³-hybridized carbons (Fsp3) is 0.200. The summed E-state index contributed by atoms with van der Waals surface area (Å²) in [4.78, 5) is 27.9. The molecule has 3 aromatic rings. The number of halogens is 2. The zero-order chi connectivity index (χ0) is 20.6. The first-order valence-corrected chi connectivity index (χ1v) is 9.36. The van der Waals surface area contributed by atoms with Gasteiger partial charge in [0.1, 0.15) is 0 Å². The van der Waals surface area contributed by atoms with E-state index in [1.165, 1.54) is 18.2 Å². The van der Waals surface area contributed by atoms with Crippen molar-refractivity contribution in [2.45, 2.75) is 13.8 Å². The van der Waals surface area contributed by atoms with Crippen LogP contribution < -0.4 is 16.5 Å². The van der Waals surface area contributed by atoms with Crippen LogP contribution in [0.15, 0.2) is 35.1 Å².